The van der Waals surface area contributed by atoms with Gasteiger partial charge in [-0.25, -0.2) is 0 Å². The van der Waals surface area contributed by atoms with Crippen molar-refractivity contribution in [2.75, 3.05) is 13.2 Å². The highest BCUT2D eigenvalue weighted by Gasteiger charge is 2.24. The van der Waals surface area contributed by atoms with Gasteiger partial charge in [-0.05, 0) is 32.9 Å². The molecule has 0 atom stereocenters. The molecule has 0 spiro atoms. The van der Waals surface area contributed by atoms with Gasteiger partial charge >= 0.3 is 7.60 Å². The van der Waals surface area contributed by atoms with Crippen LogP contribution in [0.5, 0.6) is 0 Å². The van der Waals surface area contributed by atoms with Crippen LogP contribution in [0.1, 0.15) is 25.2 Å². The Morgan fingerprint density at radius 2 is 1.87 bits per heavy atom. The smallest absolute Gasteiger partial charge is 0.336 e. The van der Waals surface area contributed by atoms with E-state index in [0.717, 1.165) is 11.4 Å². The van der Waals surface area contributed by atoms with Gasteiger partial charge < -0.3 is 14.0 Å². The van der Waals surface area contributed by atoms with Gasteiger partial charge in [0, 0.05) is 11.4 Å². The summed E-state index contributed by atoms with van der Waals surface area (Å²) in [6.45, 7) is 6.38. The highest BCUT2D eigenvalue weighted by molar-refractivity contribution is 7.53. The average Bonchev–Trinajstić information content (AvgIpc) is 2.51. The predicted molar refractivity (Wildman–Crippen MR) is 60.1 cm³/mol. The predicted octanol–water partition coefficient (Wildman–Crippen LogP) is 3.09. The Labute approximate surface area is 90.5 Å². The minimum atomic E-state index is -2.96. The Morgan fingerprint density at radius 1 is 1.27 bits per heavy atom. The third-order valence-corrected chi connectivity index (χ3v) is 3.94. The number of nitrogens with one attached hydrogen (secondary N) is 1. The quantitative estimate of drug-likeness (QED) is 0.765. The molecule has 4 nitrogen and oxygen atoms in total. The van der Waals surface area contributed by atoms with E-state index >= 15 is 0 Å². The summed E-state index contributed by atoms with van der Waals surface area (Å²) in [6, 6.07) is 3.84. The first kappa shape index (κ1) is 12.5. The van der Waals surface area contributed by atoms with E-state index in [1.54, 1.807) is 0 Å². The van der Waals surface area contributed by atoms with E-state index < -0.39 is 7.60 Å². The SMILES string of the molecule is CCOP(=O)(Cc1ccc(C)[nH]1)OCC. The number of H-pyrrole nitrogens is 1. The topological polar surface area (TPSA) is 51.3 Å². The maximum absolute atomic E-state index is 12.1. The maximum atomic E-state index is 12.1. The number of aromatic nitrogens is 1. The van der Waals surface area contributed by atoms with Gasteiger partial charge in [0.15, 0.2) is 0 Å². The van der Waals surface area contributed by atoms with Crippen molar-refractivity contribution in [3.63, 3.8) is 0 Å². The molecular formula is C10H18NO3P. The number of hydrogen-bond acceptors (Lipinski definition) is 3. The molecule has 0 saturated carbocycles. The molecule has 0 aromatic carbocycles. The van der Waals surface area contributed by atoms with Crippen molar-refractivity contribution in [2.24, 2.45) is 0 Å². The van der Waals surface area contributed by atoms with Crippen molar-refractivity contribution in [1.82, 2.24) is 4.98 Å². The Bertz CT molecular complexity index is 338. The summed E-state index contributed by atoms with van der Waals surface area (Å²) in [5.41, 5.74) is 1.93. The van der Waals surface area contributed by atoms with E-state index in [1.165, 1.54) is 0 Å². The fraction of sp³-hybridized carbons (Fsp3) is 0.600. The number of aromatic amines is 1. The van der Waals surface area contributed by atoms with Gasteiger partial charge in [-0.2, -0.15) is 0 Å². The fourth-order valence-corrected chi connectivity index (χ4v) is 3.03. The molecule has 1 rings (SSSR count). The van der Waals surface area contributed by atoms with Crippen molar-refractivity contribution in [3.8, 4) is 0 Å². The molecule has 1 N–H and O–H groups in total. The van der Waals surface area contributed by atoms with E-state index in [9.17, 15) is 4.57 Å². The average molecular weight is 231 g/mol. The molecule has 0 amide bonds. The van der Waals surface area contributed by atoms with Gasteiger partial charge in [0.05, 0.1) is 19.4 Å². The molecule has 0 unspecified atom stereocenters. The Kier molecular flexibility index (Phi) is 4.58. The Balaban J connectivity index is 2.70. The molecule has 1 aromatic rings. The van der Waals surface area contributed by atoms with E-state index in [0.29, 0.717) is 19.4 Å². The van der Waals surface area contributed by atoms with Crippen molar-refractivity contribution >= 4 is 7.60 Å². The first-order valence-corrected chi connectivity index (χ1v) is 6.85. The second-order valence-corrected chi connectivity index (χ2v) is 5.33. The van der Waals surface area contributed by atoms with Crippen LogP contribution in [0.3, 0.4) is 0 Å². The van der Waals surface area contributed by atoms with Crippen molar-refractivity contribution in [2.45, 2.75) is 26.9 Å². The summed E-state index contributed by atoms with van der Waals surface area (Å²) in [6.07, 6.45) is 0.308. The highest BCUT2D eigenvalue weighted by atomic mass is 31.2. The summed E-state index contributed by atoms with van der Waals surface area (Å²) >= 11 is 0. The van der Waals surface area contributed by atoms with Crippen LogP contribution in [0.15, 0.2) is 12.1 Å². The molecule has 0 aliphatic heterocycles. The second kappa shape index (κ2) is 5.50. The second-order valence-electron chi connectivity index (χ2n) is 3.27. The van der Waals surface area contributed by atoms with Crippen LogP contribution in [0.25, 0.3) is 0 Å². The minimum Gasteiger partial charge on any atom is -0.362 e. The fourth-order valence-electron chi connectivity index (χ4n) is 1.38. The number of aryl methyl sites for hydroxylation is 1. The normalized spacial score (nSPS) is 11.9. The molecule has 86 valence electrons. The third kappa shape index (κ3) is 3.82. The van der Waals surface area contributed by atoms with Gasteiger partial charge in [-0.15, -0.1) is 0 Å². The van der Waals surface area contributed by atoms with Crippen molar-refractivity contribution < 1.29 is 13.6 Å². The van der Waals surface area contributed by atoms with Crippen LogP contribution in [0.4, 0.5) is 0 Å². The van der Waals surface area contributed by atoms with Gasteiger partial charge in [0.25, 0.3) is 0 Å². The summed E-state index contributed by atoms with van der Waals surface area (Å²) < 4.78 is 22.5. The summed E-state index contributed by atoms with van der Waals surface area (Å²) in [5, 5.41) is 0. The molecule has 1 heterocycles. The standard InChI is InChI=1S/C10H18NO3P/c1-4-13-15(12,14-5-2)8-10-7-6-9(3)11-10/h6-7,11H,4-5,8H2,1-3H3. The van der Waals surface area contributed by atoms with Crippen LogP contribution in [0.2, 0.25) is 0 Å². The zero-order valence-electron chi connectivity index (χ0n) is 9.45. The monoisotopic (exact) mass is 231 g/mol. The molecule has 0 aliphatic rings. The molecule has 0 fully saturated rings. The van der Waals surface area contributed by atoms with E-state index in [-0.39, 0.29) is 0 Å². The maximum Gasteiger partial charge on any atom is 0.336 e. The van der Waals surface area contributed by atoms with Gasteiger partial charge in [-0.3, -0.25) is 4.57 Å². The summed E-state index contributed by atoms with van der Waals surface area (Å²) in [4.78, 5) is 3.12. The van der Waals surface area contributed by atoms with Crippen LogP contribution in [-0.2, 0) is 19.8 Å². The Morgan fingerprint density at radius 3 is 2.27 bits per heavy atom. The van der Waals surface area contributed by atoms with Crippen LogP contribution in [0, 0.1) is 6.92 Å². The highest BCUT2D eigenvalue weighted by Crippen LogP contribution is 2.50. The summed E-state index contributed by atoms with van der Waals surface area (Å²) in [7, 11) is -2.96. The lowest BCUT2D eigenvalue weighted by Crippen LogP contribution is -1.99. The van der Waals surface area contributed by atoms with Crippen molar-refractivity contribution in [1.29, 1.82) is 0 Å². The van der Waals surface area contributed by atoms with Crippen LogP contribution in [-0.4, -0.2) is 18.2 Å². The molecule has 0 saturated heterocycles. The minimum absolute atomic E-state index is 0.308. The van der Waals surface area contributed by atoms with Crippen LogP contribution < -0.4 is 0 Å². The Hall–Kier alpha value is -0.570. The van der Waals surface area contributed by atoms with Crippen LogP contribution >= 0.6 is 7.60 Å². The van der Waals surface area contributed by atoms with Gasteiger partial charge in [0.2, 0.25) is 0 Å². The van der Waals surface area contributed by atoms with Gasteiger partial charge in [0.1, 0.15) is 0 Å². The molecular weight excluding hydrogens is 213 g/mol. The number of hydrogen-bond donors (Lipinski definition) is 1. The van der Waals surface area contributed by atoms with Crippen molar-refractivity contribution in [3.05, 3.63) is 23.5 Å². The molecule has 15 heavy (non-hydrogen) atoms. The largest absolute Gasteiger partial charge is 0.362 e. The molecule has 0 aliphatic carbocycles. The van der Waals surface area contributed by atoms with E-state index in [2.05, 4.69) is 4.98 Å². The van der Waals surface area contributed by atoms with E-state index in [4.69, 9.17) is 9.05 Å². The van der Waals surface area contributed by atoms with E-state index in [1.807, 2.05) is 32.9 Å². The lowest BCUT2D eigenvalue weighted by Gasteiger charge is -2.15. The molecule has 0 bridgehead atoms. The third-order valence-electron chi connectivity index (χ3n) is 1.91. The molecule has 5 heteroatoms. The lowest BCUT2D eigenvalue weighted by molar-refractivity contribution is 0.219. The van der Waals surface area contributed by atoms with Gasteiger partial charge in [-0.1, -0.05) is 0 Å². The zero-order chi connectivity index (χ0) is 11.3. The first-order chi connectivity index (χ1) is 7.09. The lowest BCUT2D eigenvalue weighted by atomic mass is 10.5. The number of rotatable bonds is 6. The first-order valence-electron chi connectivity index (χ1n) is 5.12. The summed E-state index contributed by atoms with van der Waals surface area (Å²) in [5.74, 6) is 0. The molecule has 1 aromatic heterocycles. The molecule has 0 radical (unpaired) electrons. The zero-order valence-corrected chi connectivity index (χ0v) is 10.3.